The molecule has 1 saturated heterocycles. The van der Waals surface area contributed by atoms with Crippen LogP contribution in [0.15, 0.2) is 0 Å². The molecule has 134 valence electrons. The first-order valence-corrected chi connectivity index (χ1v) is 7.89. The number of amides is 2. The third kappa shape index (κ3) is 8.73. The maximum absolute atomic E-state index is 12.0. The summed E-state index contributed by atoms with van der Waals surface area (Å²) in [5.74, 6) is -0.0890. The molecule has 2 unspecified atom stereocenters. The second kappa shape index (κ2) is 9.69. The number of hydrogen-bond donors (Lipinski definition) is 3. The van der Waals surface area contributed by atoms with Crippen LogP contribution in [0, 0.1) is 0 Å². The number of nitrogens with one attached hydrogen (secondary N) is 3. The lowest BCUT2D eigenvalue weighted by atomic mass is 10.1. The van der Waals surface area contributed by atoms with Crippen LogP contribution >= 0.6 is 0 Å². The van der Waals surface area contributed by atoms with E-state index in [4.69, 9.17) is 14.2 Å². The average Bonchev–Trinajstić information content (AvgIpc) is 2.88. The first-order chi connectivity index (χ1) is 10.8. The number of carbonyl (C=O) groups is 2. The molecule has 0 radical (unpaired) electrons. The van der Waals surface area contributed by atoms with Gasteiger partial charge in [-0.2, -0.15) is 0 Å². The van der Waals surface area contributed by atoms with Crippen molar-refractivity contribution in [3.8, 4) is 0 Å². The standard InChI is InChI=1S/C15H29N3O5/c1-15(2,3)23-14(20)18-11-9-12(17-10-11)13(19)16-5-6-22-8-7-21-4/h11-12,17H,5-10H2,1-4H3,(H,16,19)(H,18,20). The molecule has 0 spiro atoms. The third-order valence-corrected chi connectivity index (χ3v) is 3.15. The van der Waals surface area contributed by atoms with Gasteiger partial charge in [0.1, 0.15) is 5.60 Å². The predicted octanol–water partition coefficient (Wildman–Crippen LogP) is 0.0208. The van der Waals surface area contributed by atoms with Crippen molar-refractivity contribution in [3.05, 3.63) is 0 Å². The molecule has 2 atom stereocenters. The van der Waals surface area contributed by atoms with Crippen LogP contribution in [-0.2, 0) is 19.0 Å². The molecule has 1 fully saturated rings. The monoisotopic (exact) mass is 331 g/mol. The lowest BCUT2D eigenvalue weighted by molar-refractivity contribution is -0.123. The molecule has 1 aliphatic rings. The molecule has 1 heterocycles. The van der Waals surface area contributed by atoms with Crippen molar-refractivity contribution in [2.75, 3.05) is 40.0 Å². The molecular weight excluding hydrogens is 302 g/mol. The van der Waals surface area contributed by atoms with E-state index in [-0.39, 0.29) is 18.0 Å². The third-order valence-electron chi connectivity index (χ3n) is 3.15. The lowest BCUT2D eigenvalue weighted by Gasteiger charge is -2.21. The van der Waals surface area contributed by atoms with Crippen LogP contribution in [0.1, 0.15) is 27.2 Å². The van der Waals surface area contributed by atoms with Crippen LogP contribution in [-0.4, -0.2) is 69.7 Å². The Kier molecular flexibility index (Phi) is 8.29. The molecule has 2 amide bonds. The van der Waals surface area contributed by atoms with Crippen molar-refractivity contribution in [1.29, 1.82) is 0 Å². The van der Waals surface area contributed by atoms with Gasteiger partial charge in [0, 0.05) is 26.2 Å². The SMILES string of the molecule is COCCOCCNC(=O)C1CC(NC(=O)OC(C)(C)C)CN1. The fourth-order valence-electron chi connectivity index (χ4n) is 2.13. The largest absolute Gasteiger partial charge is 0.444 e. The molecule has 0 saturated carbocycles. The summed E-state index contributed by atoms with van der Waals surface area (Å²) in [5, 5.41) is 8.66. The Labute approximate surface area is 137 Å². The summed E-state index contributed by atoms with van der Waals surface area (Å²) in [6, 6.07) is -0.424. The van der Waals surface area contributed by atoms with E-state index in [1.807, 2.05) is 20.8 Å². The Hall–Kier alpha value is -1.38. The molecule has 1 rings (SSSR count). The van der Waals surface area contributed by atoms with E-state index < -0.39 is 11.7 Å². The summed E-state index contributed by atoms with van der Waals surface area (Å²) in [7, 11) is 1.61. The van der Waals surface area contributed by atoms with Crippen molar-refractivity contribution >= 4 is 12.0 Å². The van der Waals surface area contributed by atoms with E-state index in [1.54, 1.807) is 7.11 Å². The minimum atomic E-state index is -0.532. The predicted molar refractivity (Wildman–Crippen MR) is 85.3 cm³/mol. The number of alkyl carbamates (subject to hydrolysis) is 1. The highest BCUT2D eigenvalue weighted by Crippen LogP contribution is 2.10. The summed E-state index contributed by atoms with van der Waals surface area (Å²) >= 11 is 0. The molecular formula is C15H29N3O5. The zero-order valence-corrected chi connectivity index (χ0v) is 14.4. The second-order valence-electron chi connectivity index (χ2n) is 6.44. The highest BCUT2D eigenvalue weighted by atomic mass is 16.6. The van der Waals surface area contributed by atoms with Crippen molar-refractivity contribution < 1.29 is 23.8 Å². The first-order valence-electron chi connectivity index (χ1n) is 7.89. The van der Waals surface area contributed by atoms with Crippen LogP contribution < -0.4 is 16.0 Å². The average molecular weight is 331 g/mol. The Morgan fingerprint density at radius 3 is 2.61 bits per heavy atom. The van der Waals surface area contributed by atoms with Gasteiger partial charge in [-0.3, -0.25) is 4.79 Å². The molecule has 0 aromatic heterocycles. The topological polar surface area (TPSA) is 97.9 Å². The number of hydrogen-bond acceptors (Lipinski definition) is 6. The van der Waals surface area contributed by atoms with Crippen LogP contribution in [0.5, 0.6) is 0 Å². The maximum Gasteiger partial charge on any atom is 0.407 e. The molecule has 8 nitrogen and oxygen atoms in total. The van der Waals surface area contributed by atoms with Crippen molar-refractivity contribution in [2.24, 2.45) is 0 Å². The minimum absolute atomic E-state index is 0.0890. The van der Waals surface area contributed by atoms with Crippen molar-refractivity contribution in [1.82, 2.24) is 16.0 Å². The van der Waals surface area contributed by atoms with Gasteiger partial charge >= 0.3 is 6.09 Å². The minimum Gasteiger partial charge on any atom is -0.444 e. The van der Waals surface area contributed by atoms with Crippen LogP contribution in [0.2, 0.25) is 0 Å². The van der Waals surface area contributed by atoms with Crippen molar-refractivity contribution in [2.45, 2.75) is 44.9 Å². The second-order valence-corrected chi connectivity index (χ2v) is 6.44. The van der Waals surface area contributed by atoms with Crippen molar-refractivity contribution in [3.63, 3.8) is 0 Å². The molecule has 0 aromatic rings. The Balaban J connectivity index is 2.18. The zero-order valence-electron chi connectivity index (χ0n) is 14.4. The number of methoxy groups -OCH3 is 1. The van der Waals surface area contributed by atoms with E-state index in [2.05, 4.69) is 16.0 Å². The summed E-state index contributed by atoms with van der Waals surface area (Å²) in [4.78, 5) is 23.7. The van der Waals surface area contributed by atoms with Gasteiger partial charge in [0.15, 0.2) is 0 Å². The molecule has 0 bridgehead atoms. The van der Waals surface area contributed by atoms with E-state index in [0.29, 0.717) is 39.3 Å². The zero-order chi connectivity index (χ0) is 17.3. The summed E-state index contributed by atoms with van der Waals surface area (Å²) < 4.78 is 15.3. The molecule has 23 heavy (non-hydrogen) atoms. The van der Waals surface area contributed by atoms with Crippen LogP contribution in [0.4, 0.5) is 4.79 Å². The van der Waals surface area contributed by atoms with Gasteiger partial charge < -0.3 is 30.2 Å². The Morgan fingerprint density at radius 2 is 1.96 bits per heavy atom. The van der Waals surface area contributed by atoms with Crippen LogP contribution in [0.3, 0.4) is 0 Å². The molecule has 1 aliphatic heterocycles. The van der Waals surface area contributed by atoms with Crippen LogP contribution in [0.25, 0.3) is 0 Å². The van der Waals surface area contributed by atoms with Gasteiger partial charge in [-0.25, -0.2) is 4.79 Å². The van der Waals surface area contributed by atoms with E-state index >= 15 is 0 Å². The van der Waals surface area contributed by atoms with E-state index in [1.165, 1.54) is 0 Å². The quantitative estimate of drug-likeness (QED) is 0.543. The number of ether oxygens (including phenoxy) is 3. The Bertz CT molecular complexity index is 384. The maximum atomic E-state index is 12.0. The Morgan fingerprint density at radius 1 is 1.22 bits per heavy atom. The van der Waals surface area contributed by atoms with E-state index in [9.17, 15) is 9.59 Å². The summed E-state index contributed by atoms with van der Waals surface area (Å²) in [5.41, 5.74) is -0.532. The van der Waals surface area contributed by atoms with Gasteiger partial charge in [-0.15, -0.1) is 0 Å². The normalized spacial score (nSPS) is 21.0. The van der Waals surface area contributed by atoms with E-state index in [0.717, 1.165) is 0 Å². The summed E-state index contributed by atoms with van der Waals surface area (Å²) in [6.45, 7) is 7.92. The van der Waals surface area contributed by atoms with Gasteiger partial charge in [0.05, 0.1) is 25.9 Å². The van der Waals surface area contributed by atoms with Gasteiger partial charge in [-0.05, 0) is 27.2 Å². The molecule has 3 N–H and O–H groups in total. The molecule has 0 aromatic carbocycles. The highest BCUT2D eigenvalue weighted by molar-refractivity contribution is 5.82. The fourth-order valence-corrected chi connectivity index (χ4v) is 2.13. The molecule has 0 aliphatic carbocycles. The molecule has 8 heteroatoms. The summed E-state index contributed by atoms with van der Waals surface area (Å²) in [6.07, 6.45) is 0.0761. The number of carbonyl (C=O) groups excluding carboxylic acids is 2. The number of rotatable bonds is 8. The lowest BCUT2D eigenvalue weighted by Crippen LogP contribution is -2.41. The highest BCUT2D eigenvalue weighted by Gasteiger charge is 2.31. The van der Waals surface area contributed by atoms with Gasteiger partial charge in [0.2, 0.25) is 5.91 Å². The first kappa shape index (κ1) is 19.7. The smallest absolute Gasteiger partial charge is 0.407 e. The van der Waals surface area contributed by atoms with Gasteiger partial charge in [-0.1, -0.05) is 0 Å². The van der Waals surface area contributed by atoms with Gasteiger partial charge in [0.25, 0.3) is 0 Å². The fraction of sp³-hybridized carbons (Fsp3) is 0.867.